The Morgan fingerprint density at radius 3 is 1.87 bits per heavy atom. The van der Waals surface area contributed by atoms with E-state index >= 15 is 0 Å². The Bertz CT molecular complexity index is 1540. The van der Waals surface area contributed by atoms with Gasteiger partial charge in [-0.25, -0.2) is 4.98 Å². The molecule has 6 nitrogen and oxygen atoms in total. The average Bonchev–Trinajstić information content (AvgIpc) is 2.99. The molecule has 5 aromatic rings. The van der Waals surface area contributed by atoms with Crippen molar-refractivity contribution in [1.29, 1.82) is 0 Å². The van der Waals surface area contributed by atoms with Crippen LogP contribution in [0, 0.1) is 0 Å². The summed E-state index contributed by atoms with van der Waals surface area (Å²) in [5.74, 6) is 0.251. The summed E-state index contributed by atoms with van der Waals surface area (Å²) in [6, 6.07) is 39.4. The molecule has 38 heavy (non-hydrogen) atoms. The highest BCUT2D eigenvalue weighted by molar-refractivity contribution is 7.80. The van der Waals surface area contributed by atoms with Crippen molar-refractivity contribution in [3.05, 3.63) is 133 Å². The number of hydrogen-bond donors (Lipinski definition) is 1. The quantitative estimate of drug-likeness (QED) is 0.142. The Kier molecular flexibility index (Phi) is 7.98. The van der Waals surface area contributed by atoms with Crippen LogP contribution in [-0.2, 0) is 0 Å². The van der Waals surface area contributed by atoms with Gasteiger partial charge in [-0.3, -0.25) is 0 Å². The first-order valence-corrected chi connectivity index (χ1v) is 12.5. The summed E-state index contributed by atoms with van der Waals surface area (Å²) in [6.45, 7) is 0. The summed E-state index contributed by atoms with van der Waals surface area (Å²) < 4.78 is 0. The summed E-state index contributed by atoms with van der Waals surface area (Å²) in [5.41, 5.74) is 5.09. The Labute approximate surface area is 227 Å². The number of nitrogens with zero attached hydrogens (tertiary/aromatic N) is 5. The van der Waals surface area contributed by atoms with Gasteiger partial charge in [0.2, 0.25) is 5.11 Å². The molecule has 0 saturated carbocycles. The van der Waals surface area contributed by atoms with Gasteiger partial charge in [0.25, 0.3) is 5.95 Å². The zero-order valence-electron chi connectivity index (χ0n) is 20.4. The maximum atomic E-state index is 5.74. The Balaban J connectivity index is 1.54. The summed E-state index contributed by atoms with van der Waals surface area (Å²) in [6.07, 6.45) is 5.46. The molecule has 0 unspecified atom stereocenters. The minimum atomic E-state index is 0.251. The molecule has 0 aliphatic heterocycles. The van der Waals surface area contributed by atoms with Crippen LogP contribution in [0.25, 0.3) is 28.6 Å². The van der Waals surface area contributed by atoms with Crippen LogP contribution >= 0.6 is 12.2 Å². The number of para-hydroxylation sites is 1. The summed E-state index contributed by atoms with van der Waals surface area (Å²) >= 11 is 5.74. The fourth-order valence-electron chi connectivity index (χ4n) is 3.71. The summed E-state index contributed by atoms with van der Waals surface area (Å²) in [7, 11) is 0. The Morgan fingerprint density at radius 1 is 0.684 bits per heavy atom. The van der Waals surface area contributed by atoms with Crippen LogP contribution in [0.5, 0.6) is 0 Å². The smallest absolute Gasteiger partial charge is 0.273 e. The third kappa shape index (κ3) is 6.21. The third-order valence-corrected chi connectivity index (χ3v) is 5.81. The molecule has 0 saturated heterocycles. The van der Waals surface area contributed by atoms with E-state index in [0.29, 0.717) is 16.5 Å². The molecular formula is C31H24N6S. The Hall–Kier alpha value is -5.01. The van der Waals surface area contributed by atoms with Gasteiger partial charge in [-0.15, -0.1) is 10.2 Å². The van der Waals surface area contributed by atoms with Crippen LogP contribution in [0.1, 0.15) is 5.56 Å². The van der Waals surface area contributed by atoms with Gasteiger partial charge in [0, 0.05) is 23.0 Å². The molecule has 0 atom stereocenters. The lowest BCUT2D eigenvalue weighted by Gasteiger charge is -2.19. The second-order valence-corrected chi connectivity index (χ2v) is 8.57. The Morgan fingerprint density at radius 2 is 1.24 bits per heavy atom. The van der Waals surface area contributed by atoms with Gasteiger partial charge < -0.3 is 5.32 Å². The number of thiocarbonyl (C=S) groups is 1. The minimum absolute atomic E-state index is 0.251. The van der Waals surface area contributed by atoms with Crippen molar-refractivity contribution in [2.24, 2.45) is 5.10 Å². The first-order chi connectivity index (χ1) is 18.8. The molecule has 0 spiro atoms. The molecule has 0 fully saturated rings. The van der Waals surface area contributed by atoms with E-state index in [2.05, 4.69) is 20.6 Å². The topological polar surface area (TPSA) is 66.3 Å². The maximum absolute atomic E-state index is 5.74. The van der Waals surface area contributed by atoms with E-state index in [4.69, 9.17) is 17.2 Å². The molecule has 0 radical (unpaired) electrons. The van der Waals surface area contributed by atoms with Gasteiger partial charge in [0.05, 0.1) is 0 Å². The highest BCUT2D eigenvalue weighted by atomic mass is 32.1. The van der Waals surface area contributed by atoms with E-state index in [1.807, 2.05) is 133 Å². The lowest BCUT2D eigenvalue weighted by molar-refractivity contribution is 0.926. The number of anilines is 2. The van der Waals surface area contributed by atoms with E-state index in [1.54, 1.807) is 6.21 Å². The fourth-order valence-corrected chi connectivity index (χ4v) is 3.96. The van der Waals surface area contributed by atoms with Crippen molar-refractivity contribution < 1.29 is 0 Å². The number of hydrazone groups is 1. The molecule has 1 aromatic heterocycles. The number of benzene rings is 4. The lowest BCUT2D eigenvalue weighted by atomic mass is 10.0. The van der Waals surface area contributed by atoms with E-state index in [-0.39, 0.29) is 5.95 Å². The van der Waals surface area contributed by atoms with E-state index in [9.17, 15) is 0 Å². The number of aromatic nitrogens is 3. The molecule has 1 N–H and O–H groups in total. The normalized spacial score (nSPS) is 11.1. The van der Waals surface area contributed by atoms with Gasteiger partial charge >= 0.3 is 0 Å². The predicted molar refractivity (Wildman–Crippen MR) is 160 cm³/mol. The molecule has 0 bridgehead atoms. The molecule has 1 heterocycles. The van der Waals surface area contributed by atoms with E-state index < -0.39 is 0 Å². The van der Waals surface area contributed by atoms with Gasteiger partial charge in [-0.2, -0.15) is 10.1 Å². The zero-order chi connectivity index (χ0) is 26.0. The minimum Gasteiger partial charge on any atom is -0.331 e. The fraction of sp³-hybridized carbons (Fsp3) is 0. The molecule has 4 aromatic carbocycles. The second-order valence-electron chi connectivity index (χ2n) is 8.18. The molecule has 184 valence electrons. The number of nitrogens with one attached hydrogen (secondary N) is 1. The van der Waals surface area contributed by atoms with Crippen LogP contribution < -0.4 is 10.3 Å². The summed E-state index contributed by atoms with van der Waals surface area (Å²) in [5, 5.41) is 18.6. The van der Waals surface area contributed by atoms with Crippen molar-refractivity contribution in [3.63, 3.8) is 0 Å². The van der Waals surface area contributed by atoms with Crippen molar-refractivity contribution in [1.82, 2.24) is 15.2 Å². The van der Waals surface area contributed by atoms with Gasteiger partial charge in [0.1, 0.15) is 11.4 Å². The lowest BCUT2D eigenvalue weighted by Crippen LogP contribution is -2.32. The number of rotatable bonds is 7. The molecule has 0 aliphatic carbocycles. The number of allylic oxidation sites excluding steroid dienone is 1. The monoisotopic (exact) mass is 512 g/mol. The molecule has 0 amide bonds. The first kappa shape index (κ1) is 24.7. The van der Waals surface area contributed by atoms with Crippen LogP contribution in [0.3, 0.4) is 0 Å². The highest BCUT2D eigenvalue weighted by Crippen LogP contribution is 2.29. The van der Waals surface area contributed by atoms with Crippen LogP contribution in [-0.4, -0.2) is 26.5 Å². The van der Waals surface area contributed by atoms with E-state index in [1.165, 1.54) is 5.01 Å². The molecular weight excluding hydrogens is 488 g/mol. The molecule has 0 aliphatic rings. The SMILES string of the molecule is S=C(Nc1ccccc1)N(N=CC=Cc1ccccc1)c1nnc(-c2ccccc2)c(-c2ccccc2)n1. The van der Waals surface area contributed by atoms with Crippen molar-refractivity contribution in [2.75, 3.05) is 10.3 Å². The second kappa shape index (κ2) is 12.3. The first-order valence-electron chi connectivity index (χ1n) is 12.1. The van der Waals surface area contributed by atoms with Crippen LogP contribution in [0.15, 0.2) is 133 Å². The third-order valence-electron chi connectivity index (χ3n) is 5.53. The van der Waals surface area contributed by atoms with Gasteiger partial charge in [-0.1, -0.05) is 115 Å². The largest absolute Gasteiger partial charge is 0.331 e. The van der Waals surface area contributed by atoms with Crippen molar-refractivity contribution in [3.8, 4) is 22.5 Å². The van der Waals surface area contributed by atoms with Crippen LogP contribution in [0.2, 0.25) is 0 Å². The van der Waals surface area contributed by atoms with Crippen molar-refractivity contribution in [2.45, 2.75) is 0 Å². The van der Waals surface area contributed by atoms with E-state index in [0.717, 1.165) is 22.4 Å². The maximum Gasteiger partial charge on any atom is 0.273 e. The zero-order valence-corrected chi connectivity index (χ0v) is 21.2. The number of hydrogen-bond acceptors (Lipinski definition) is 5. The van der Waals surface area contributed by atoms with Crippen molar-refractivity contribution >= 4 is 41.3 Å². The van der Waals surface area contributed by atoms with Crippen LogP contribution in [0.4, 0.5) is 11.6 Å². The average molecular weight is 513 g/mol. The van der Waals surface area contributed by atoms with Gasteiger partial charge in [0.15, 0.2) is 0 Å². The standard InChI is InChI=1S/C31H24N6S/c38-31(33-27-21-11-4-12-22-27)37(32-23-13-16-24-14-5-1-6-15-24)30-34-28(25-17-7-2-8-18-25)29(35-36-30)26-19-9-3-10-20-26/h1-23H,(H,33,38). The summed E-state index contributed by atoms with van der Waals surface area (Å²) in [4.78, 5) is 4.91. The highest BCUT2D eigenvalue weighted by Gasteiger charge is 2.20. The van der Waals surface area contributed by atoms with Gasteiger partial charge in [-0.05, 0) is 36.0 Å². The predicted octanol–water partition coefficient (Wildman–Crippen LogP) is 7.11. The molecule has 5 rings (SSSR count). The molecule has 7 heteroatoms.